The summed E-state index contributed by atoms with van der Waals surface area (Å²) in [5.74, 6) is -1.51. The van der Waals surface area contributed by atoms with Crippen molar-refractivity contribution >= 4 is 33.7 Å². The van der Waals surface area contributed by atoms with Gasteiger partial charge in [0.05, 0.1) is 25.5 Å². The van der Waals surface area contributed by atoms with Crippen LogP contribution in [0.15, 0.2) is 47.4 Å². The molecule has 0 saturated heterocycles. The van der Waals surface area contributed by atoms with Gasteiger partial charge in [0, 0.05) is 12.1 Å². The first-order valence-electron chi connectivity index (χ1n) is 9.35. The van der Waals surface area contributed by atoms with E-state index >= 15 is 0 Å². The van der Waals surface area contributed by atoms with Crippen molar-refractivity contribution < 1.29 is 32.6 Å². The van der Waals surface area contributed by atoms with Crippen LogP contribution in [0.3, 0.4) is 0 Å². The average Bonchev–Trinajstić information content (AvgIpc) is 3.55. The first kappa shape index (κ1) is 22.2. The number of ether oxygens (including phenoxy) is 2. The molecule has 1 fully saturated rings. The van der Waals surface area contributed by atoms with Crippen molar-refractivity contribution in [2.75, 3.05) is 18.9 Å². The quantitative estimate of drug-likeness (QED) is 0.504. The fraction of sp³-hybridized carbons (Fsp3) is 0.238. The predicted molar refractivity (Wildman–Crippen MR) is 114 cm³/mol. The summed E-state index contributed by atoms with van der Waals surface area (Å²) in [6.07, 6.45) is 3.91. The van der Waals surface area contributed by atoms with E-state index in [2.05, 4.69) is 10.0 Å². The van der Waals surface area contributed by atoms with Crippen LogP contribution in [0.4, 0.5) is 5.69 Å². The second-order valence-corrected chi connectivity index (χ2v) is 8.48. The topological polar surface area (TPSA) is 131 Å². The van der Waals surface area contributed by atoms with Crippen molar-refractivity contribution in [2.24, 2.45) is 0 Å². The number of anilines is 1. The van der Waals surface area contributed by atoms with Crippen LogP contribution < -0.4 is 19.5 Å². The van der Waals surface area contributed by atoms with Crippen LogP contribution in [0.25, 0.3) is 6.08 Å². The summed E-state index contributed by atoms with van der Waals surface area (Å²) in [6.45, 7) is 0. The molecular formula is C21H22N2O7S. The molecule has 2 aromatic carbocycles. The lowest BCUT2D eigenvalue weighted by atomic mass is 10.1. The number of hydrogen-bond donors (Lipinski definition) is 3. The van der Waals surface area contributed by atoms with Gasteiger partial charge in [0.15, 0.2) is 11.5 Å². The van der Waals surface area contributed by atoms with E-state index in [4.69, 9.17) is 14.6 Å². The molecule has 2 aromatic rings. The summed E-state index contributed by atoms with van der Waals surface area (Å²) in [6, 6.07) is 9.08. The Balaban J connectivity index is 2.03. The highest BCUT2D eigenvalue weighted by atomic mass is 32.2. The molecule has 1 aliphatic rings. The summed E-state index contributed by atoms with van der Waals surface area (Å²) in [7, 11) is -1.61. The van der Waals surface area contributed by atoms with Crippen molar-refractivity contribution in [1.82, 2.24) is 5.32 Å². The van der Waals surface area contributed by atoms with Gasteiger partial charge < -0.3 is 19.9 Å². The van der Waals surface area contributed by atoms with Gasteiger partial charge in [-0.25, -0.2) is 13.2 Å². The van der Waals surface area contributed by atoms with Crippen LogP contribution in [-0.2, 0) is 14.8 Å². The van der Waals surface area contributed by atoms with Crippen molar-refractivity contribution in [3.05, 3.63) is 53.6 Å². The second kappa shape index (κ2) is 9.09. The van der Waals surface area contributed by atoms with E-state index in [1.807, 2.05) is 0 Å². The molecule has 3 rings (SSSR count). The summed E-state index contributed by atoms with van der Waals surface area (Å²) in [5.41, 5.74) is 0.569. The van der Waals surface area contributed by atoms with Crippen LogP contribution in [0.2, 0.25) is 0 Å². The highest BCUT2D eigenvalue weighted by molar-refractivity contribution is 7.92. The van der Waals surface area contributed by atoms with Gasteiger partial charge >= 0.3 is 5.97 Å². The minimum absolute atomic E-state index is 0.0533. The van der Waals surface area contributed by atoms with E-state index in [1.165, 1.54) is 44.6 Å². The minimum Gasteiger partial charge on any atom is -0.493 e. The number of methoxy groups -OCH3 is 2. The van der Waals surface area contributed by atoms with E-state index in [0.717, 1.165) is 18.9 Å². The largest absolute Gasteiger partial charge is 0.493 e. The molecule has 0 atom stereocenters. The number of carboxylic acids is 1. The SMILES string of the molecule is COc1cc(C=CC(=O)O)cc(S(=O)(=O)Nc2ccccc2C(=O)NC2CC2)c1OC. The standard InChI is InChI=1S/C21H22N2O7S/c1-29-17-11-13(7-10-19(24)25)12-18(20(17)30-2)31(27,28)23-16-6-4-3-5-15(16)21(26)22-14-8-9-14/h3-7,10-12,14,23H,8-9H2,1-2H3,(H,22,26)(H,24,25). The molecule has 0 spiro atoms. The van der Waals surface area contributed by atoms with E-state index in [9.17, 15) is 18.0 Å². The van der Waals surface area contributed by atoms with Crippen LogP contribution in [0.1, 0.15) is 28.8 Å². The number of nitrogens with one attached hydrogen (secondary N) is 2. The highest BCUT2D eigenvalue weighted by Gasteiger charge is 2.28. The van der Waals surface area contributed by atoms with Crippen LogP contribution in [0.5, 0.6) is 11.5 Å². The molecule has 1 aliphatic carbocycles. The minimum atomic E-state index is -4.23. The molecular weight excluding hydrogens is 424 g/mol. The predicted octanol–water partition coefficient (Wildman–Crippen LogP) is 2.49. The molecule has 3 N–H and O–H groups in total. The zero-order chi connectivity index (χ0) is 22.6. The summed E-state index contributed by atoms with van der Waals surface area (Å²) < 4.78 is 39.4. The van der Waals surface area contributed by atoms with E-state index in [1.54, 1.807) is 12.1 Å². The number of aliphatic carboxylic acids is 1. The summed E-state index contributed by atoms with van der Waals surface area (Å²) in [4.78, 5) is 23.1. The number of carboxylic acid groups (broad SMARTS) is 1. The molecule has 0 aromatic heterocycles. The van der Waals surface area contributed by atoms with Crippen LogP contribution in [0, 0.1) is 0 Å². The lowest BCUT2D eigenvalue weighted by Crippen LogP contribution is -2.27. The first-order valence-corrected chi connectivity index (χ1v) is 10.8. The lowest BCUT2D eigenvalue weighted by molar-refractivity contribution is -0.131. The third-order valence-corrected chi connectivity index (χ3v) is 5.87. The van der Waals surface area contributed by atoms with Gasteiger partial charge in [-0.15, -0.1) is 0 Å². The maximum atomic E-state index is 13.2. The van der Waals surface area contributed by atoms with E-state index in [-0.39, 0.29) is 45.2 Å². The zero-order valence-corrected chi connectivity index (χ0v) is 17.7. The van der Waals surface area contributed by atoms with Gasteiger partial charge in [0.25, 0.3) is 15.9 Å². The number of carbonyl (C=O) groups is 2. The highest BCUT2D eigenvalue weighted by Crippen LogP contribution is 2.37. The van der Waals surface area contributed by atoms with Gasteiger partial charge in [-0.3, -0.25) is 9.52 Å². The molecule has 0 aliphatic heterocycles. The third-order valence-electron chi connectivity index (χ3n) is 4.50. The van der Waals surface area contributed by atoms with Gasteiger partial charge in [0.1, 0.15) is 4.90 Å². The number of benzene rings is 2. The fourth-order valence-electron chi connectivity index (χ4n) is 2.87. The number of para-hydroxylation sites is 1. The molecule has 1 amide bonds. The molecule has 1 saturated carbocycles. The van der Waals surface area contributed by atoms with Crippen LogP contribution >= 0.6 is 0 Å². The van der Waals surface area contributed by atoms with Gasteiger partial charge in [-0.2, -0.15) is 0 Å². The molecule has 31 heavy (non-hydrogen) atoms. The zero-order valence-electron chi connectivity index (χ0n) is 16.9. The molecule has 0 unspecified atom stereocenters. The Morgan fingerprint density at radius 2 is 1.84 bits per heavy atom. The Kier molecular flexibility index (Phi) is 6.50. The number of carbonyl (C=O) groups excluding carboxylic acids is 1. The molecule has 0 heterocycles. The van der Waals surface area contributed by atoms with Crippen LogP contribution in [-0.4, -0.2) is 45.7 Å². The second-order valence-electron chi connectivity index (χ2n) is 6.82. The average molecular weight is 446 g/mol. The molecule has 0 bridgehead atoms. The van der Waals surface area contributed by atoms with E-state index in [0.29, 0.717) is 0 Å². The Hall–Kier alpha value is -3.53. The van der Waals surface area contributed by atoms with Gasteiger partial charge in [-0.1, -0.05) is 12.1 Å². The Labute approximate surface area is 179 Å². The Morgan fingerprint density at radius 1 is 1.13 bits per heavy atom. The number of sulfonamides is 1. The molecule has 164 valence electrons. The van der Waals surface area contributed by atoms with Crippen molar-refractivity contribution in [2.45, 2.75) is 23.8 Å². The summed E-state index contributed by atoms with van der Waals surface area (Å²) in [5, 5.41) is 11.7. The Bertz CT molecular complexity index is 1140. The monoisotopic (exact) mass is 446 g/mol. The molecule has 0 radical (unpaired) electrons. The number of amides is 1. The maximum absolute atomic E-state index is 13.2. The fourth-order valence-corrected chi connectivity index (χ4v) is 4.17. The smallest absolute Gasteiger partial charge is 0.328 e. The normalized spacial score (nSPS) is 13.6. The molecule has 9 nitrogen and oxygen atoms in total. The maximum Gasteiger partial charge on any atom is 0.328 e. The van der Waals surface area contributed by atoms with Crippen molar-refractivity contribution in [1.29, 1.82) is 0 Å². The van der Waals surface area contributed by atoms with E-state index < -0.39 is 16.0 Å². The van der Waals surface area contributed by atoms with Crippen molar-refractivity contribution in [3.8, 4) is 11.5 Å². The number of hydrogen-bond acceptors (Lipinski definition) is 6. The van der Waals surface area contributed by atoms with Crippen molar-refractivity contribution in [3.63, 3.8) is 0 Å². The van der Waals surface area contributed by atoms with Gasteiger partial charge in [0.2, 0.25) is 0 Å². The molecule has 10 heteroatoms. The summed E-state index contributed by atoms with van der Waals surface area (Å²) >= 11 is 0. The lowest BCUT2D eigenvalue weighted by Gasteiger charge is -2.17. The Morgan fingerprint density at radius 3 is 2.45 bits per heavy atom. The first-order chi connectivity index (χ1) is 14.7. The van der Waals surface area contributed by atoms with Gasteiger partial charge in [-0.05, 0) is 48.7 Å². The third kappa shape index (κ3) is 5.34. The number of rotatable bonds is 9.